The maximum atomic E-state index is 10.9. The van der Waals surface area contributed by atoms with Crippen LogP contribution in [0.4, 0.5) is 5.69 Å². The number of fused-ring (bicyclic) bond motifs is 2. The molecule has 1 unspecified atom stereocenters. The van der Waals surface area contributed by atoms with Crippen molar-refractivity contribution in [2.24, 2.45) is 0 Å². The van der Waals surface area contributed by atoms with Crippen molar-refractivity contribution < 1.29 is 4.92 Å². The molecule has 1 heterocycles. The molecule has 1 aliphatic carbocycles. The topological polar surface area (TPSA) is 48.1 Å². The lowest BCUT2D eigenvalue weighted by Gasteiger charge is -2.30. The van der Waals surface area contributed by atoms with Gasteiger partial charge in [-0.1, -0.05) is 24.3 Å². The van der Waals surface area contributed by atoms with E-state index in [-0.39, 0.29) is 10.6 Å². The van der Waals surface area contributed by atoms with Gasteiger partial charge in [-0.2, -0.15) is 0 Å². The van der Waals surface area contributed by atoms with E-state index in [1.807, 2.05) is 18.3 Å². The van der Waals surface area contributed by atoms with Gasteiger partial charge in [0.2, 0.25) is 0 Å². The largest absolute Gasteiger partial charge is 0.347 e. The Morgan fingerprint density at radius 2 is 2.05 bits per heavy atom. The minimum absolute atomic E-state index is 0.149. The van der Waals surface area contributed by atoms with E-state index >= 15 is 0 Å². The van der Waals surface area contributed by atoms with Gasteiger partial charge in [0, 0.05) is 36.2 Å². The van der Waals surface area contributed by atoms with Gasteiger partial charge in [0.1, 0.15) is 0 Å². The van der Waals surface area contributed by atoms with Crippen LogP contribution in [0.5, 0.6) is 0 Å². The first-order chi connectivity index (χ1) is 10.2. The van der Waals surface area contributed by atoms with Crippen molar-refractivity contribution in [3.05, 3.63) is 76.0 Å². The number of non-ortho nitro benzene ring substituents is 1. The predicted molar refractivity (Wildman–Crippen MR) is 81.5 cm³/mol. The molecule has 0 saturated heterocycles. The molecule has 0 bridgehead atoms. The van der Waals surface area contributed by atoms with Crippen molar-refractivity contribution in [2.45, 2.75) is 18.9 Å². The van der Waals surface area contributed by atoms with E-state index in [0.717, 1.165) is 23.9 Å². The molecular weight excluding hydrogens is 264 g/mol. The minimum Gasteiger partial charge on any atom is -0.347 e. The monoisotopic (exact) mass is 278 g/mol. The standard InChI is InChI=1S/C17H14N2O2/c20-19(21)15-6-5-12-7-8-18(17(12)10-15)11-14-9-13-3-1-2-4-16(13)14/h1-8,10,14H,9,11H2. The molecule has 1 atom stereocenters. The van der Waals surface area contributed by atoms with Crippen molar-refractivity contribution in [2.75, 3.05) is 0 Å². The molecule has 3 aromatic rings. The summed E-state index contributed by atoms with van der Waals surface area (Å²) < 4.78 is 2.13. The van der Waals surface area contributed by atoms with Crippen molar-refractivity contribution >= 4 is 16.6 Å². The van der Waals surface area contributed by atoms with Crippen LogP contribution in [-0.2, 0) is 13.0 Å². The molecule has 0 saturated carbocycles. The summed E-state index contributed by atoms with van der Waals surface area (Å²) in [6, 6.07) is 15.6. The molecule has 0 aliphatic heterocycles. The fourth-order valence-corrected chi connectivity index (χ4v) is 3.21. The van der Waals surface area contributed by atoms with Gasteiger partial charge in [0.25, 0.3) is 5.69 Å². The van der Waals surface area contributed by atoms with Crippen LogP contribution in [0.3, 0.4) is 0 Å². The molecule has 0 N–H and O–H groups in total. The highest BCUT2D eigenvalue weighted by atomic mass is 16.6. The molecule has 4 nitrogen and oxygen atoms in total. The summed E-state index contributed by atoms with van der Waals surface area (Å²) in [5, 5.41) is 12.0. The number of nitro benzene ring substituents is 1. The van der Waals surface area contributed by atoms with E-state index < -0.39 is 0 Å². The molecular formula is C17H14N2O2. The van der Waals surface area contributed by atoms with Gasteiger partial charge in [0.15, 0.2) is 0 Å². The summed E-state index contributed by atoms with van der Waals surface area (Å²) in [6.45, 7) is 0.877. The third-order valence-electron chi connectivity index (χ3n) is 4.35. The van der Waals surface area contributed by atoms with E-state index in [1.54, 1.807) is 12.1 Å². The van der Waals surface area contributed by atoms with E-state index in [1.165, 1.54) is 11.1 Å². The second-order valence-electron chi connectivity index (χ2n) is 5.57. The molecule has 0 amide bonds. The van der Waals surface area contributed by atoms with Crippen LogP contribution in [-0.4, -0.2) is 9.49 Å². The normalized spacial score (nSPS) is 16.5. The van der Waals surface area contributed by atoms with Crippen LogP contribution in [0, 0.1) is 10.1 Å². The molecule has 0 fully saturated rings. The zero-order valence-electron chi connectivity index (χ0n) is 11.4. The fraction of sp³-hybridized carbons (Fsp3) is 0.176. The molecule has 1 aromatic heterocycles. The molecule has 21 heavy (non-hydrogen) atoms. The SMILES string of the molecule is O=[N+]([O-])c1ccc2ccn(CC3Cc4ccccc43)c2c1. The number of hydrogen-bond donors (Lipinski definition) is 0. The lowest BCUT2D eigenvalue weighted by molar-refractivity contribution is -0.384. The third-order valence-corrected chi connectivity index (χ3v) is 4.35. The lowest BCUT2D eigenvalue weighted by Crippen LogP contribution is -2.21. The summed E-state index contributed by atoms with van der Waals surface area (Å²) in [7, 11) is 0. The highest BCUT2D eigenvalue weighted by Crippen LogP contribution is 2.36. The Hall–Kier alpha value is -2.62. The third kappa shape index (κ3) is 1.91. The van der Waals surface area contributed by atoms with Crippen LogP contribution in [0.2, 0.25) is 0 Å². The van der Waals surface area contributed by atoms with Gasteiger partial charge in [-0.05, 0) is 29.7 Å². The summed E-state index contributed by atoms with van der Waals surface area (Å²) >= 11 is 0. The van der Waals surface area contributed by atoms with E-state index in [4.69, 9.17) is 0 Å². The zero-order chi connectivity index (χ0) is 14.4. The Balaban J connectivity index is 1.68. The summed E-state index contributed by atoms with van der Waals surface area (Å²) in [5.41, 5.74) is 3.92. The average molecular weight is 278 g/mol. The Kier molecular flexibility index (Phi) is 2.57. The summed E-state index contributed by atoms with van der Waals surface area (Å²) in [6.07, 6.45) is 3.11. The maximum absolute atomic E-state index is 10.9. The Bertz CT molecular complexity index is 851. The first-order valence-electron chi connectivity index (χ1n) is 7.03. The van der Waals surface area contributed by atoms with Gasteiger partial charge >= 0.3 is 0 Å². The van der Waals surface area contributed by atoms with Crippen molar-refractivity contribution in [1.29, 1.82) is 0 Å². The molecule has 0 spiro atoms. The van der Waals surface area contributed by atoms with Gasteiger partial charge in [-0.25, -0.2) is 0 Å². The predicted octanol–water partition coefficient (Wildman–Crippen LogP) is 3.89. The summed E-state index contributed by atoms with van der Waals surface area (Å²) in [4.78, 5) is 10.6. The van der Waals surface area contributed by atoms with Crippen LogP contribution >= 0.6 is 0 Å². The summed E-state index contributed by atoms with van der Waals surface area (Å²) in [5.74, 6) is 0.510. The first-order valence-corrected chi connectivity index (χ1v) is 7.03. The fourth-order valence-electron chi connectivity index (χ4n) is 3.21. The van der Waals surface area contributed by atoms with E-state index in [2.05, 4.69) is 28.8 Å². The number of nitro groups is 1. The van der Waals surface area contributed by atoms with E-state index in [9.17, 15) is 10.1 Å². The van der Waals surface area contributed by atoms with Crippen LogP contribution in [0.25, 0.3) is 10.9 Å². The number of aromatic nitrogens is 1. The molecule has 104 valence electrons. The maximum Gasteiger partial charge on any atom is 0.271 e. The number of hydrogen-bond acceptors (Lipinski definition) is 2. The number of rotatable bonds is 3. The quantitative estimate of drug-likeness (QED) is 0.539. The van der Waals surface area contributed by atoms with Gasteiger partial charge in [-0.15, -0.1) is 0 Å². The molecule has 1 aliphatic rings. The lowest BCUT2D eigenvalue weighted by atomic mass is 9.77. The molecule has 4 heteroatoms. The Morgan fingerprint density at radius 1 is 1.19 bits per heavy atom. The molecule has 0 radical (unpaired) electrons. The Labute approximate surface area is 121 Å². The van der Waals surface area contributed by atoms with Crippen molar-refractivity contribution in [1.82, 2.24) is 4.57 Å². The van der Waals surface area contributed by atoms with Crippen LogP contribution in [0.1, 0.15) is 17.0 Å². The van der Waals surface area contributed by atoms with Crippen molar-refractivity contribution in [3.8, 4) is 0 Å². The highest BCUT2D eigenvalue weighted by Gasteiger charge is 2.25. The number of nitrogens with zero attached hydrogens (tertiary/aromatic N) is 2. The van der Waals surface area contributed by atoms with Crippen molar-refractivity contribution in [3.63, 3.8) is 0 Å². The van der Waals surface area contributed by atoms with Gasteiger partial charge in [-0.3, -0.25) is 10.1 Å². The molecule has 4 rings (SSSR count). The van der Waals surface area contributed by atoms with E-state index in [0.29, 0.717) is 5.92 Å². The van der Waals surface area contributed by atoms with Gasteiger partial charge < -0.3 is 4.57 Å². The Morgan fingerprint density at radius 3 is 2.86 bits per heavy atom. The smallest absolute Gasteiger partial charge is 0.271 e. The first kappa shape index (κ1) is 12.1. The molecule has 2 aromatic carbocycles. The van der Waals surface area contributed by atoms with Gasteiger partial charge in [0.05, 0.1) is 10.4 Å². The average Bonchev–Trinajstić information content (AvgIpc) is 2.87. The van der Waals surface area contributed by atoms with Crippen LogP contribution < -0.4 is 0 Å². The number of benzene rings is 2. The zero-order valence-corrected chi connectivity index (χ0v) is 11.4. The minimum atomic E-state index is -0.338. The van der Waals surface area contributed by atoms with Crippen LogP contribution in [0.15, 0.2) is 54.7 Å². The second kappa shape index (κ2) is 4.45. The highest BCUT2D eigenvalue weighted by molar-refractivity contribution is 5.82. The second-order valence-corrected chi connectivity index (χ2v) is 5.57.